The molecule has 0 aliphatic rings. The van der Waals surface area contributed by atoms with E-state index in [-0.39, 0.29) is 0 Å². The Labute approximate surface area is 108 Å². The van der Waals surface area contributed by atoms with E-state index in [1.165, 1.54) is 38.5 Å². The first-order chi connectivity index (χ1) is 8.29. The summed E-state index contributed by atoms with van der Waals surface area (Å²) in [6.45, 7) is 9.75. The maximum atomic E-state index is 5.54. The first-order valence-corrected chi connectivity index (χ1v) is 7.50. The standard InChI is InChI=1S/C14H33N3/c1-4-7-8-10-14(6-3)17(13-5-2)16-12-9-11-15/h14,16H,4-13,15H2,1-3H3. The number of nitrogens with one attached hydrogen (secondary N) is 1. The minimum absolute atomic E-state index is 0.694. The minimum atomic E-state index is 0.694. The van der Waals surface area contributed by atoms with Crippen molar-refractivity contribution in [3.8, 4) is 0 Å². The SMILES string of the molecule is CCCCCC(CC)N(CCC)NCCCN. The lowest BCUT2D eigenvalue weighted by Gasteiger charge is -2.31. The van der Waals surface area contributed by atoms with Crippen molar-refractivity contribution in [2.24, 2.45) is 5.73 Å². The molecule has 0 aromatic rings. The third-order valence-corrected chi connectivity index (χ3v) is 3.21. The van der Waals surface area contributed by atoms with Gasteiger partial charge in [-0.3, -0.25) is 5.43 Å². The van der Waals surface area contributed by atoms with Crippen LogP contribution in [0.3, 0.4) is 0 Å². The Morgan fingerprint density at radius 3 is 2.35 bits per heavy atom. The molecule has 0 radical (unpaired) electrons. The van der Waals surface area contributed by atoms with Gasteiger partial charge in [-0.25, -0.2) is 5.01 Å². The van der Waals surface area contributed by atoms with Crippen LogP contribution in [0, 0.1) is 0 Å². The molecular weight excluding hydrogens is 210 g/mol. The summed E-state index contributed by atoms with van der Waals surface area (Å²) in [5.74, 6) is 0. The van der Waals surface area contributed by atoms with Crippen molar-refractivity contribution in [1.82, 2.24) is 10.4 Å². The van der Waals surface area contributed by atoms with Gasteiger partial charge >= 0.3 is 0 Å². The highest BCUT2D eigenvalue weighted by atomic mass is 15.5. The second-order valence-electron chi connectivity index (χ2n) is 4.80. The highest BCUT2D eigenvalue weighted by Crippen LogP contribution is 2.12. The molecule has 0 aliphatic heterocycles. The van der Waals surface area contributed by atoms with E-state index in [9.17, 15) is 0 Å². The molecule has 0 bridgehead atoms. The van der Waals surface area contributed by atoms with Gasteiger partial charge in [0.15, 0.2) is 0 Å². The molecule has 0 saturated carbocycles. The first kappa shape index (κ1) is 16.9. The van der Waals surface area contributed by atoms with E-state index in [1.54, 1.807) is 0 Å². The average molecular weight is 243 g/mol. The molecule has 0 heterocycles. The molecular formula is C14H33N3. The second-order valence-corrected chi connectivity index (χ2v) is 4.80. The van der Waals surface area contributed by atoms with Gasteiger partial charge in [0.25, 0.3) is 0 Å². The third kappa shape index (κ3) is 8.58. The van der Waals surface area contributed by atoms with Gasteiger partial charge in [0.1, 0.15) is 0 Å². The van der Waals surface area contributed by atoms with Crippen molar-refractivity contribution in [2.45, 2.75) is 71.8 Å². The number of unbranched alkanes of at least 4 members (excludes halogenated alkanes) is 2. The van der Waals surface area contributed by atoms with E-state index in [4.69, 9.17) is 5.73 Å². The van der Waals surface area contributed by atoms with Crippen molar-refractivity contribution in [3.05, 3.63) is 0 Å². The number of hydrogen-bond acceptors (Lipinski definition) is 3. The van der Waals surface area contributed by atoms with E-state index in [0.29, 0.717) is 6.04 Å². The molecule has 0 aliphatic carbocycles. The molecule has 3 heteroatoms. The number of nitrogens with two attached hydrogens (primary N) is 1. The summed E-state index contributed by atoms with van der Waals surface area (Å²) in [7, 11) is 0. The Hall–Kier alpha value is -0.120. The van der Waals surface area contributed by atoms with Crippen LogP contribution in [0.25, 0.3) is 0 Å². The topological polar surface area (TPSA) is 41.3 Å². The van der Waals surface area contributed by atoms with Gasteiger partial charge < -0.3 is 5.73 Å². The Kier molecular flexibility index (Phi) is 12.3. The van der Waals surface area contributed by atoms with Gasteiger partial charge in [-0.1, -0.05) is 40.0 Å². The van der Waals surface area contributed by atoms with Gasteiger partial charge in [0.05, 0.1) is 0 Å². The molecule has 0 amide bonds. The Morgan fingerprint density at radius 2 is 1.82 bits per heavy atom. The fourth-order valence-electron chi connectivity index (χ4n) is 2.17. The Balaban J connectivity index is 4.00. The lowest BCUT2D eigenvalue weighted by molar-refractivity contribution is 0.111. The van der Waals surface area contributed by atoms with Gasteiger partial charge in [-0.05, 0) is 32.2 Å². The largest absolute Gasteiger partial charge is 0.330 e. The molecule has 1 atom stereocenters. The van der Waals surface area contributed by atoms with Crippen LogP contribution in [0.4, 0.5) is 0 Å². The van der Waals surface area contributed by atoms with Gasteiger partial charge in [0, 0.05) is 19.1 Å². The van der Waals surface area contributed by atoms with Crippen molar-refractivity contribution < 1.29 is 0 Å². The number of hydrazine groups is 1. The molecule has 0 saturated heterocycles. The Morgan fingerprint density at radius 1 is 1.06 bits per heavy atom. The average Bonchev–Trinajstić information content (AvgIpc) is 2.34. The molecule has 0 rings (SSSR count). The second kappa shape index (κ2) is 12.3. The lowest BCUT2D eigenvalue weighted by atomic mass is 10.1. The maximum Gasteiger partial charge on any atom is 0.0240 e. The monoisotopic (exact) mass is 243 g/mol. The lowest BCUT2D eigenvalue weighted by Crippen LogP contribution is -2.46. The van der Waals surface area contributed by atoms with Crippen molar-refractivity contribution in [3.63, 3.8) is 0 Å². The van der Waals surface area contributed by atoms with Crippen LogP contribution < -0.4 is 11.2 Å². The molecule has 0 spiro atoms. The van der Waals surface area contributed by atoms with E-state index < -0.39 is 0 Å². The van der Waals surface area contributed by atoms with E-state index in [2.05, 4.69) is 31.2 Å². The summed E-state index contributed by atoms with van der Waals surface area (Å²) in [5, 5.41) is 2.45. The smallest absolute Gasteiger partial charge is 0.0240 e. The van der Waals surface area contributed by atoms with Crippen LogP contribution in [0.1, 0.15) is 65.7 Å². The maximum absolute atomic E-state index is 5.54. The summed E-state index contributed by atoms with van der Waals surface area (Å²) in [6, 6.07) is 0.694. The van der Waals surface area contributed by atoms with Crippen LogP contribution in [0.15, 0.2) is 0 Å². The third-order valence-electron chi connectivity index (χ3n) is 3.21. The fourth-order valence-corrected chi connectivity index (χ4v) is 2.17. The van der Waals surface area contributed by atoms with Crippen molar-refractivity contribution in [1.29, 1.82) is 0 Å². The summed E-state index contributed by atoms with van der Waals surface area (Å²) in [6.07, 6.45) is 8.85. The number of hydrogen-bond donors (Lipinski definition) is 2. The minimum Gasteiger partial charge on any atom is -0.330 e. The van der Waals surface area contributed by atoms with E-state index in [1.807, 2.05) is 0 Å². The number of nitrogens with zero attached hydrogens (tertiary/aromatic N) is 1. The highest BCUT2D eigenvalue weighted by Gasteiger charge is 2.14. The van der Waals surface area contributed by atoms with Crippen LogP contribution in [-0.4, -0.2) is 30.7 Å². The number of rotatable bonds is 12. The van der Waals surface area contributed by atoms with Gasteiger partial charge in [-0.15, -0.1) is 0 Å². The first-order valence-electron chi connectivity index (χ1n) is 7.50. The van der Waals surface area contributed by atoms with Crippen molar-refractivity contribution >= 4 is 0 Å². The van der Waals surface area contributed by atoms with Gasteiger partial charge in [-0.2, -0.15) is 0 Å². The summed E-state index contributed by atoms with van der Waals surface area (Å²) >= 11 is 0. The van der Waals surface area contributed by atoms with E-state index >= 15 is 0 Å². The zero-order chi connectivity index (χ0) is 12.9. The van der Waals surface area contributed by atoms with E-state index in [0.717, 1.165) is 26.1 Å². The van der Waals surface area contributed by atoms with Crippen LogP contribution in [-0.2, 0) is 0 Å². The summed E-state index contributed by atoms with van der Waals surface area (Å²) in [5.41, 5.74) is 9.09. The zero-order valence-corrected chi connectivity index (χ0v) is 12.2. The molecule has 0 aromatic carbocycles. The Bertz CT molecular complexity index is 150. The predicted molar refractivity (Wildman–Crippen MR) is 76.9 cm³/mol. The summed E-state index contributed by atoms with van der Waals surface area (Å²) < 4.78 is 0. The molecule has 0 aromatic heterocycles. The predicted octanol–water partition coefficient (Wildman–Crippen LogP) is 2.91. The van der Waals surface area contributed by atoms with Gasteiger partial charge in [0.2, 0.25) is 0 Å². The summed E-state index contributed by atoms with van der Waals surface area (Å²) in [4.78, 5) is 0. The molecule has 3 nitrogen and oxygen atoms in total. The zero-order valence-electron chi connectivity index (χ0n) is 12.2. The van der Waals surface area contributed by atoms with Crippen LogP contribution >= 0.6 is 0 Å². The fraction of sp³-hybridized carbons (Fsp3) is 1.00. The van der Waals surface area contributed by atoms with Crippen LogP contribution in [0.5, 0.6) is 0 Å². The molecule has 3 N–H and O–H groups in total. The van der Waals surface area contributed by atoms with Crippen molar-refractivity contribution in [2.75, 3.05) is 19.6 Å². The molecule has 1 unspecified atom stereocenters. The van der Waals surface area contributed by atoms with Crippen LogP contribution in [0.2, 0.25) is 0 Å². The molecule has 17 heavy (non-hydrogen) atoms. The normalized spacial score (nSPS) is 13.2. The molecule has 0 fully saturated rings. The quantitative estimate of drug-likeness (QED) is 0.409. The highest BCUT2D eigenvalue weighted by molar-refractivity contribution is 4.67. The molecule has 104 valence electrons.